The molecule has 0 radical (unpaired) electrons. The average molecular weight is 480 g/mol. The predicted octanol–water partition coefficient (Wildman–Crippen LogP) is 4.08. The number of benzene rings is 2. The first-order valence-corrected chi connectivity index (χ1v) is 12.0. The zero-order valence-corrected chi connectivity index (χ0v) is 20.2. The van der Waals surface area contributed by atoms with E-state index in [1.54, 1.807) is 24.3 Å². The lowest BCUT2D eigenvalue weighted by Gasteiger charge is -2.10. The van der Waals surface area contributed by atoms with E-state index in [9.17, 15) is 9.59 Å². The van der Waals surface area contributed by atoms with Gasteiger partial charge >= 0.3 is 0 Å². The van der Waals surface area contributed by atoms with Gasteiger partial charge in [-0.25, -0.2) is 9.97 Å². The topological polar surface area (TPSA) is 119 Å². The third kappa shape index (κ3) is 8.49. The molecule has 4 N–H and O–H groups in total. The first-order chi connectivity index (χ1) is 16.4. The fraction of sp³-hybridized carbons (Fsp3) is 0.280. The quantitative estimate of drug-likeness (QED) is 0.280. The minimum absolute atomic E-state index is 0.0575. The number of ether oxygens (including phenoxy) is 1. The Kier molecular flexibility index (Phi) is 9.42. The molecule has 3 rings (SSSR count). The largest absolute Gasteiger partial charge is 0.489 e. The Morgan fingerprint density at radius 2 is 1.65 bits per heavy atom. The van der Waals surface area contributed by atoms with Crippen LogP contribution in [-0.2, 0) is 16.2 Å². The molecular formula is C25H29N5O3S. The van der Waals surface area contributed by atoms with E-state index in [2.05, 4.69) is 20.6 Å². The molecule has 0 saturated heterocycles. The molecule has 0 unspecified atom stereocenters. The SMILES string of the molecule is Cc1cc(C)nc(SCC(=O)Nc2cccc(COc3ccc(NC(=O)CCCN)cc3)c2)n1. The molecule has 3 aromatic rings. The van der Waals surface area contributed by atoms with E-state index in [0.29, 0.717) is 48.3 Å². The highest BCUT2D eigenvalue weighted by atomic mass is 32.2. The molecular weight excluding hydrogens is 450 g/mol. The Morgan fingerprint density at radius 1 is 0.941 bits per heavy atom. The zero-order chi connectivity index (χ0) is 24.3. The third-order valence-corrected chi connectivity index (χ3v) is 5.50. The van der Waals surface area contributed by atoms with Crippen LogP contribution in [0, 0.1) is 13.8 Å². The molecule has 8 nitrogen and oxygen atoms in total. The van der Waals surface area contributed by atoms with Gasteiger partial charge in [-0.05, 0) is 74.8 Å². The fourth-order valence-electron chi connectivity index (χ4n) is 3.11. The highest BCUT2D eigenvalue weighted by Crippen LogP contribution is 2.19. The number of nitrogens with one attached hydrogen (secondary N) is 2. The van der Waals surface area contributed by atoms with Gasteiger partial charge in [0, 0.05) is 29.2 Å². The van der Waals surface area contributed by atoms with Crippen LogP contribution in [-0.4, -0.2) is 34.1 Å². The molecule has 1 heterocycles. The molecule has 0 aliphatic rings. The number of nitrogens with zero attached hydrogens (tertiary/aromatic N) is 2. The molecule has 9 heteroatoms. The summed E-state index contributed by atoms with van der Waals surface area (Å²) in [5.74, 6) is 0.714. The van der Waals surface area contributed by atoms with Gasteiger partial charge in [0.15, 0.2) is 5.16 Å². The summed E-state index contributed by atoms with van der Waals surface area (Å²) in [6.45, 7) is 4.65. The van der Waals surface area contributed by atoms with Crippen molar-refractivity contribution in [3.05, 3.63) is 71.5 Å². The third-order valence-electron chi connectivity index (χ3n) is 4.66. The second-order valence-corrected chi connectivity index (χ2v) is 8.67. The monoisotopic (exact) mass is 479 g/mol. The molecule has 0 atom stereocenters. The maximum absolute atomic E-state index is 12.4. The molecule has 0 aliphatic heterocycles. The Balaban J connectivity index is 1.47. The van der Waals surface area contributed by atoms with Gasteiger partial charge in [-0.1, -0.05) is 23.9 Å². The summed E-state index contributed by atoms with van der Waals surface area (Å²) >= 11 is 1.31. The standard InChI is InChI=1S/C25H29N5O3S/c1-17-13-18(2)28-25(27-17)34-16-24(32)30-21-6-3-5-19(14-21)15-33-22-10-8-20(9-11-22)29-23(31)7-4-12-26/h3,5-6,8-11,13-14H,4,7,12,15-16,26H2,1-2H3,(H,29,31)(H,30,32). The number of nitrogens with two attached hydrogens (primary N) is 1. The molecule has 1 aromatic heterocycles. The van der Waals surface area contributed by atoms with E-state index in [4.69, 9.17) is 10.5 Å². The van der Waals surface area contributed by atoms with Gasteiger partial charge in [0.25, 0.3) is 0 Å². The molecule has 0 spiro atoms. The fourth-order valence-corrected chi connectivity index (χ4v) is 3.86. The van der Waals surface area contributed by atoms with Gasteiger partial charge < -0.3 is 21.1 Å². The summed E-state index contributed by atoms with van der Waals surface area (Å²) in [5, 5.41) is 6.32. The highest BCUT2D eigenvalue weighted by Gasteiger charge is 2.08. The Morgan fingerprint density at radius 3 is 2.35 bits per heavy atom. The number of hydrogen-bond acceptors (Lipinski definition) is 7. The molecule has 0 saturated carbocycles. The van der Waals surface area contributed by atoms with Crippen LogP contribution in [0.15, 0.2) is 59.8 Å². The van der Waals surface area contributed by atoms with E-state index < -0.39 is 0 Å². The van der Waals surface area contributed by atoms with Gasteiger partial charge in [0.05, 0.1) is 5.75 Å². The van der Waals surface area contributed by atoms with Crippen LogP contribution >= 0.6 is 11.8 Å². The number of aromatic nitrogens is 2. The maximum Gasteiger partial charge on any atom is 0.234 e. The van der Waals surface area contributed by atoms with E-state index in [0.717, 1.165) is 17.0 Å². The lowest BCUT2D eigenvalue weighted by Crippen LogP contribution is -2.14. The summed E-state index contributed by atoms with van der Waals surface area (Å²) < 4.78 is 5.84. The Bertz CT molecular complexity index is 1100. The molecule has 0 fully saturated rings. The number of aryl methyl sites for hydroxylation is 2. The van der Waals surface area contributed by atoms with Gasteiger partial charge in [-0.15, -0.1) is 0 Å². The van der Waals surface area contributed by atoms with Crippen molar-refractivity contribution in [3.63, 3.8) is 0 Å². The Hall–Kier alpha value is -3.43. The van der Waals surface area contributed by atoms with E-state index >= 15 is 0 Å². The van der Waals surface area contributed by atoms with Crippen molar-refractivity contribution in [2.45, 2.75) is 38.5 Å². The molecule has 2 aromatic carbocycles. The Labute approximate surface area is 203 Å². The van der Waals surface area contributed by atoms with Crippen LogP contribution in [0.1, 0.15) is 29.8 Å². The normalized spacial score (nSPS) is 10.6. The maximum atomic E-state index is 12.4. The van der Waals surface area contributed by atoms with Crippen molar-refractivity contribution in [2.24, 2.45) is 5.73 Å². The van der Waals surface area contributed by atoms with Crippen LogP contribution in [0.4, 0.5) is 11.4 Å². The van der Waals surface area contributed by atoms with Gasteiger partial charge in [-0.3, -0.25) is 9.59 Å². The van der Waals surface area contributed by atoms with Crippen molar-refractivity contribution in [1.82, 2.24) is 9.97 Å². The first kappa shape index (κ1) is 25.2. The molecule has 2 amide bonds. The zero-order valence-electron chi connectivity index (χ0n) is 19.3. The second kappa shape index (κ2) is 12.7. The summed E-state index contributed by atoms with van der Waals surface area (Å²) in [5.41, 5.74) is 9.51. The van der Waals surface area contributed by atoms with E-state index in [1.807, 2.05) is 44.2 Å². The smallest absolute Gasteiger partial charge is 0.234 e. The number of hydrogen-bond donors (Lipinski definition) is 3. The molecule has 178 valence electrons. The molecule has 0 aliphatic carbocycles. The summed E-state index contributed by atoms with van der Waals surface area (Å²) in [6, 6.07) is 16.6. The summed E-state index contributed by atoms with van der Waals surface area (Å²) in [7, 11) is 0. The van der Waals surface area contributed by atoms with Crippen LogP contribution in [0.5, 0.6) is 5.75 Å². The van der Waals surface area contributed by atoms with E-state index in [1.165, 1.54) is 11.8 Å². The van der Waals surface area contributed by atoms with Crippen molar-refractivity contribution in [3.8, 4) is 5.75 Å². The van der Waals surface area contributed by atoms with Crippen LogP contribution in [0.3, 0.4) is 0 Å². The number of anilines is 2. The van der Waals surface area contributed by atoms with Crippen LogP contribution in [0.2, 0.25) is 0 Å². The van der Waals surface area contributed by atoms with Gasteiger partial charge in [0.2, 0.25) is 11.8 Å². The van der Waals surface area contributed by atoms with Crippen molar-refractivity contribution < 1.29 is 14.3 Å². The van der Waals surface area contributed by atoms with Crippen LogP contribution in [0.25, 0.3) is 0 Å². The number of rotatable bonds is 11. The number of amides is 2. The van der Waals surface area contributed by atoms with Gasteiger partial charge in [0.1, 0.15) is 12.4 Å². The molecule has 34 heavy (non-hydrogen) atoms. The van der Waals surface area contributed by atoms with Crippen molar-refractivity contribution >= 4 is 35.0 Å². The average Bonchev–Trinajstić information content (AvgIpc) is 2.81. The predicted molar refractivity (Wildman–Crippen MR) is 135 cm³/mol. The van der Waals surface area contributed by atoms with E-state index in [-0.39, 0.29) is 17.6 Å². The van der Waals surface area contributed by atoms with Crippen LogP contribution < -0.4 is 21.1 Å². The lowest BCUT2D eigenvalue weighted by atomic mass is 10.2. The highest BCUT2D eigenvalue weighted by molar-refractivity contribution is 7.99. The van der Waals surface area contributed by atoms with Crippen molar-refractivity contribution in [1.29, 1.82) is 0 Å². The first-order valence-electron chi connectivity index (χ1n) is 11.0. The second-order valence-electron chi connectivity index (χ2n) is 7.72. The van der Waals surface area contributed by atoms with Gasteiger partial charge in [-0.2, -0.15) is 0 Å². The minimum Gasteiger partial charge on any atom is -0.489 e. The minimum atomic E-state index is -0.130. The summed E-state index contributed by atoms with van der Waals surface area (Å²) in [6.07, 6.45) is 1.06. The molecule has 0 bridgehead atoms. The lowest BCUT2D eigenvalue weighted by molar-refractivity contribution is -0.116. The number of carbonyl (C=O) groups excluding carboxylic acids is 2. The summed E-state index contributed by atoms with van der Waals surface area (Å²) in [4.78, 5) is 32.8. The van der Waals surface area contributed by atoms with Crippen molar-refractivity contribution in [2.75, 3.05) is 22.9 Å². The number of carbonyl (C=O) groups is 2. The number of thioether (sulfide) groups is 1.